The summed E-state index contributed by atoms with van der Waals surface area (Å²) in [5.41, 5.74) is 0.0905. The second-order valence-electron chi connectivity index (χ2n) is 5.51. The number of hydrogen-bond donors (Lipinski definition) is 2. The third-order valence-corrected chi connectivity index (χ3v) is 2.88. The van der Waals surface area contributed by atoms with Gasteiger partial charge in [-0.15, -0.1) is 0 Å². The number of carbonyl (C=O) groups excluding carboxylic acids is 1. The summed E-state index contributed by atoms with van der Waals surface area (Å²) in [7, 11) is 3.75. The van der Waals surface area contributed by atoms with E-state index in [9.17, 15) is 9.90 Å². The van der Waals surface area contributed by atoms with E-state index < -0.39 is 5.60 Å². The Morgan fingerprint density at radius 1 is 1.50 bits per heavy atom. The van der Waals surface area contributed by atoms with E-state index >= 15 is 0 Å². The minimum atomic E-state index is -0.974. The fraction of sp³-hybridized carbons (Fsp3) is 0.429. The van der Waals surface area contributed by atoms with Gasteiger partial charge in [-0.25, -0.2) is 4.98 Å². The number of aliphatic hydroxyl groups is 1. The van der Waals surface area contributed by atoms with Crippen LogP contribution in [0.3, 0.4) is 0 Å². The number of nitrogens with zero attached hydrogens (tertiary/aromatic N) is 3. The monoisotopic (exact) mass is 276 g/mol. The maximum atomic E-state index is 12.0. The summed E-state index contributed by atoms with van der Waals surface area (Å²) in [4.78, 5) is 18.1. The molecule has 2 aromatic rings. The molecule has 1 amide bonds. The van der Waals surface area contributed by atoms with E-state index in [1.807, 2.05) is 43.4 Å². The summed E-state index contributed by atoms with van der Waals surface area (Å²) in [6.45, 7) is 2.34. The highest BCUT2D eigenvalue weighted by Crippen LogP contribution is 2.06. The Bertz CT molecular complexity index is 571. The first kappa shape index (κ1) is 14.5. The average molecular weight is 276 g/mol. The van der Waals surface area contributed by atoms with Crippen LogP contribution < -0.4 is 5.32 Å². The van der Waals surface area contributed by atoms with Crippen LogP contribution >= 0.6 is 0 Å². The first-order valence-corrected chi connectivity index (χ1v) is 6.46. The van der Waals surface area contributed by atoms with Crippen LogP contribution in [0.4, 0.5) is 0 Å². The van der Waals surface area contributed by atoms with E-state index in [0.717, 1.165) is 5.65 Å². The van der Waals surface area contributed by atoms with Crippen LogP contribution in [-0.4, -0.2) is 58.1 Å². The first-order chi connectivity index (χ1) is 9.37. The molecule has 2 heterocycles. The molecule has 0 spiro atoms. The molecule has 0 aliphatic carbocycles. The van der Waals surface area contributed by atoms with Gasteiger partial charge in [0, 0.05) is 25.5 Å². The SMILES string of the molecule is CN(C)CC(C)(O)CNC(=O)c1cn2ccccc2n1. The van der Waals surface area contributed by atoms with Crippen molar-refractivity contribution < 1.29 is 9.90 Å². The quantitative estimate of drug-likeness (QED) is 0.828. The van der Waals surface area contributed by atoms with Gasteiger partial charge >= 0.3 is 0 Å². The predicted octanol–water partition coefficient (Wildman–Crippen LogP) is 0.377. The lowest BCUT2D eigenvalue weighted by molar-refractivity contribution is 0.0325. The van der Waals surface area contributed by atoms with Crippen molar-refractivity contribution in [2.24, 2.45) is 0 Å². The number of nitrogens with one attached hydrogen (secondary N) is 1. The van der Waals surface area contributed by atoms with Gasteiger partial charge in [-0.05, 0) is 33.2 Å². The Balaban J connectivity index is 2.01. The number of imidazole rings is 1. The fourth-order valence-electron chi connectivity index (χ4n) is 2.14. The van der Waals surface area contributed by atoms with Crippen LogP contribution in [0.1, 0.15) is 17.4 Å². The smallest absolute Gasteiger partial charge is 0.271 e. The molecular weight excluding hydrogens is 256 g/mol. The number of hydrogen-bond acceptors (Lipinski definition) is 4. The number of fused-ring (bicyclic) bond motifs is 1. The van der Waals surface area contributed by atoms with E-state index in [0.29, 0.717) is 12.2 Å². The second kappa shape index (κ2) is 5.60. The highest BCUT2D eigenvalue weighted by molar-refractivity contribution is 5.92. The minimum Gasteiger partial charge on any atom is -0.387 e. The van der Waals surface area contributed by atoms with Crippen molar-refractivity contribution in [2.75, 3.05) is 27.2 Å². The Kier molecular flexibility index (Phi) is 4.06. The Morgan fingerprint density at radius 3 is 2.90 bits per heavy atom. The molecule has 6 nitrogen and oxygen atoms in total. The van der Waals surface area contributed by atoms with E-state index in [1.54, 1.807) is 17.5 Å². The topological polar surface area (TPSA) is 69.9 Å². The zero-order valence-electron chi connectivity index (χ0n) is 12.0. The lowest BCUT2D eigenvalue weighted by Crippen LogP contribution is -2.47. The number of amides is 1. The maximum Gasteiger partial charge on any atom is 0.271 e. The van der Waals surface area contributed by atoms with Gasteiger partial charge in [0.1, 0.15) is 11.3 Å². The van der Waals surface area contributed by atoms with Crippen molar-refractivity contribution >= 4 is 11.6 Å². The predicted molar refractivity (Wildman–Crippen MR) is 76.7 cm³/mol. The van der Waals surface area contributed by atoms with Gasteiger partial charge in [-0.1, -0.05) is 6.07 Å². The molecule has 0 bridgehead atoms. The highest BCUT2D eigenvalue weighted by atomic mass is 16.3. The van der Waals surface area contributed by atoms with Crippen LogP contribution in [-0.2, 0) is 0 Å². The molecular formula is C14H20N4O2. The molecule has 0 saturated heterocycles. The molecule has 1 atom stereocenters. The highest BCUT2D eigenvalue weighted by Gasteiger charge is 2.23. The summed E-state index contributed by atoms with van der Waals surface area (Å²) >= 11 is 0. The Labute approximate surface area is 118 Å². The Hall–Kier alpha value is -1.92. The van der Waals surface area contributed by atoms with Crippen LogP contribution in [0, 0.1) is 0 Å². The summed E-state index contributed by atoms with van der Waals surface area (Å²) in [6, 6.07) is 5.57. The molecule has 0 saturated carbocycles. The molecule has 2 aromatic heterocycles. The lowest BCUT2D eigenvalue weighted by atomic mass is 10.1. The molecule has 0 aliphatic heterocycles. The molecule has 20 heavy (non-hydrogen) atoms. The van der Waals surface area contributed by atoms with Gasteiger partial charge in [0.25, 0.3) is 5.91 Å². The molecule has 0 aliphatic rings. The summed E-state index contributed by atoms with van der Waals surface area (Å²) in [6.07, 6.45) is 3.51. The van der Waals surface area contributed by atoms with Gasteiger partial charge in [-0.2, -0.15) is 0 Å². The molecule has 2 rings (SSSR count). The second-order valence-corrected chi connectivity index (χ2v) is 5.51. The molecule has 0 radical (unpaired) electrons. The standard InChI is InChI=1S/C14H20N4O2/c1-14(20,10-17(2)3)9-15-13(19)11-8-18-7-5-4-6-12(18)16-11/h4-8,20H,9-10H2,1-3H3,(H,15,19). The number of likely N-dealkylation sites (N-methyl/N-ethyl adjacent to an activating group) is 1. The lowest BCUT2D eigenvalue weighted by Gasteiger charge is -2.26. The number of rotatable bonds is 5. The van der Waals surface area contributed by atoms with Crippen LogP contribution in [0.25, 0.3) is 5.65 Å². The minimum absolute atomic E-state index is 0.178. The van der Waals surface area contributed by atoms with Crippen LogP contribution in [0.15, 0.2) is 30.6 Å². The summed E-state index contributed by atoms with van der Waals surface area (Å²) < 4.78 is 1.78. The van der Waals surface area contributed by atoms with Crippen molar-refractivity contribution in [1.29, 1.82) is 0 Å². The van der Waals surface area contributed by atoms with Gasteiger partial charge < -0.3 is 19.7 Å². The van der Waals surface area contributed by atoms with Crippen molar-refractivity contribution in [2.45, 2.75) is 12.5 Å². The summed E-state index contributed by atoms with van der Waals surface area (Å²) in [5.74, 6) is -0.285. The van der Waals surface area contributed by atoms with Crippen molar-refractivity contribution in [1.82, 2.24) is 19.6 Å². The molecule has 108 valence electrons. The molecule has 0 fully saturated rings. The normalized spacial score (nSPS) is 14.4. The van der Waals surface area contributed by atoms with Crippen molar-refractivity contribution in [3.63, 3.8) is 0 Å². The fourth-order valence-corrected chi connectivity index (χ4v) is 2.14. The third-order valence-electron chi connectivity index (χ3n) is 2.88. The van der Waals surface area contributed by atoms with Gasteiger partial charge in [0.2, 0.25) is 0 Å². The molecule has 1 unspecified atom stereocenters. The third kappa shape index (κ3) is 3.55. The van der Waals surface area contributed by atoms with Crippen molar-refractivity contribution in [3.8, 4) is 0 Å². The van der Waals surface area contributed by atoms with Gasteiger partial charge in [-0.3, -0.25) is 4.79 Å². The van der Waals surface area contributed by atoms with Crippen molar-refractivity contribution in [3.05, 3.63) is 36.3 Å². The van der Waals surface area contributed by atoms with E-state index in [1.165, 1.54) is 0 Å². The van der Waals surface area contributed by atoms with E-state index in [4.69, 9.17) is 0 Å². The summed E-state index contributed by atoms with van der Waals surface area (Å²) in [5, 5.41) is 12.9. The zero-order chi connectivity index (χ0) is 14.8. The first-order valence-electron chi connectivity index (χ1n) is 6.46. The number of aromatic nitrogens is 2. The zero-order valence-corrected chi connectivity index (χ0v) is 12.0. The maximum absolute atomic E-state index is 12.0. The van der Waals surface area contributed by atoms with E-state index in [2.05, 4.69) is 10.3 Å². The number of carbonyl (C=O) groups is 1. The molecule has 2 N–H and O–H groups in total. The molecule has 6 heteroatoms. The Morgan fingerprint density at radius 2 is 2.25 bits per heavy atom. The number of pyridine rings is 1. The largest absolute Gasteiger partial charge is 0.387 e. The van der Waals surface area contributed by atoms with Gasteiger partial charge in [0.05, 0.1) is 5.60 Å². The van der Waals surface area contributed by atoms with Gasteiger partial charge in [0.15, 0.2) is 0 Å². The molecule has 0 aromatic carbocycles. The van der Waals surface area contributed by atoms with Crippen LogP contribution in [0.2, 0.25) is 0 Å². The average Bonchev–Trinajstić information content (AvgIpc) is 2.78. The van der Waals surface area contributed by atoms with Crippen LogP contribution in [0.5, 0.6) is 0 Å². The van der Waals surface area contributed by atoms with E-state index in [-0.39, 0.29) is 12.5 Å².